The van der Waals surface area contributed by atoms with Crippen LogP contribution < -0.4 is 10.1 Å². The predicted molar refractivity (Wildman–Crippen MR) is 121 cm³/mol. The summed E-state index contributed by atoms with van der Waals surface area (Å²) in [6.45, 7) is 2.00. The first-order valence-corrected chi connectivity index (χ1v) is 11.8. The predicted octanol–water partition coefficient (Wildman–Crippen LogP) is 3.91. The van der Waals surface area contributed by atoms with Gasteiger partial charge in [0.2, 0.25) is 5.91 Å². The second-order valence-electron chi connectivity index (χ2n) is 10.4. The van der Waals surface area contributed by atoms with Gasteiger partial charge in [0, 0.05) is 54.0 Å². The Morgan fingerprint density at radius 1 is 1.29 bits per heavy atom. The van der Waals surface area contributed by atoms with E-state index in [0.29, 0.717) is 24.0 Å². The number of benzene rings is 1. The van der Waals surface area contributed by atoms with Crippen molar-refractivity contribution in [2.45, 2.75) is 81.9 Å². The molecule has 2 aliphatic heterocycles. The molecule has 5 aliphatic rings. The van der Waals surface area contributed by atoms with Gasteiger partial charge in [-0.1, -0.05) is 6.92 Å². The van der Waals surface area contributed by atoms with E-state index in [1.807, 2.05) is 26.1 Å². The van der Waals surface area contributed by atoms with Crippen LogP contribution in [0.3, 0.4) is 0 Å². The second kappa shape index (κ2) is 7.51. The summed E-state index contributed by atoms with van der Waals surface area (Å²) in [5.74, 6) is 1.83. The van der Waals surface area contributed by atoms with Crippen molar-refractivity contribution in [2.75, 3.05) is 19.5 Å². The highest BCUT2D eigenvalue weighted by molar-refractivity contribution is 6.07. The van der Waals surface area contributed by atoms with Crippen LogP contribution in [0, 0.1) is 17.2 Å². The molecule has 1 aromatic carbocycles. The highest BCUT2D eigenvalue weighted by atomic mass is 16.5. The number of carbonyl (C=O) groups is 1. The van der Waals surface area contributed by atoms with Gasteiger partial charge in [0.1, 0.15) is 5.75 Å². The first kappa shape index (κ1) is 20.8. The van der Waals surface area contributed by atoms with Crippen LogP contribution in [0.15, 0.2) is 12.1 Å². The number of carbonyl (C=O) groups excluding carboxylic acids is 1. The Hall–Kier alpha value is -2.08. The van der Waals surface area contributed by atoms with Crippen molar-refractivity contribution in [1.29, 1.82) is 5.41 Å². The largest absolute Gasteiger partial charge is 0.496 e. The fourth-order valence-corrected chi connectivity index (χ4v) is 6.76. The van der Waals surface area contributed by atoms with Crippen molar-refractivity contribution in [3.8, 4) is 5.75 Å². The summed E-state index contributed by atoms with van der Waals surface area (Å²) in [4.78, 5) is 15.5. The number of nitrogens with one attached hydrogen (secondary N) is 2. The molecule has 3 N–H and O–H groups in total. The Bertz CT molecular complexity index is 894. The highest BCUT2D eigenvalue weighted by Gasteiger charge is 2.55. The lowest BCUT2D eigenvalue weighted by Gasteiger charge is -2.59. The molecule has 2 saturated heterocycles. The zero-order valence-corrected chi connectivity index (χ0v) is 18.9. The summed E-state index contributed by atoms with van der Waals surface area (Å²) < 4.78 is 5.64. The van der Waals surface area contributed by atoms with E-state index < -0.39 is 5.60 Å². The molecule has 2 heterocycles. The fourth-order valence-electron chi connectivity index (χ4n) is 6.76. The van der Waals surface area contributed by atoms with Crippen LogP contribution in [0.2, 0.25) is 0 Å². The zero-order valence-electron chi connectivity index (χ0n) is 18.9. The second-order valence-corrected chi connectivity index (χ2v) is 10.4. The van der Waals surface area contributed by atoms with Crippen LogP contribution >= 0.6 is 0 Å². The summed E-state index contributed by atoms with van der Waals surface area (Å²) in [5, 5.41) is 23.1. The highest BCUT2D eigenvalue weighted by Crippen LogP contribution is 2.52. The van der Waals surface area contributed by atoms with Gasteiger partial charge in [-0.05, 0) is 68.9 Å². The van der Waals surface area contributed by atoms with Crippen LogP contribution in [0.4, 0.5) is 5.69 Å². The van der Waals surface area contributed by atoms with E-state index in [1.165, 1.54) is 0 Å². The van der Waals surface area contributed by atoms with Crippen molar-refractivity contribution in [3.63, 3.8) is 0 Å². The van der Waals surface area contributed by atoms with Crippen molar-refractivity contribution in [3.05, 3.63) is 23.3 Å². The first-order chi connectivity index (χ1) is 14.8. The number of hydrogen-bond acceptors (Lipinski definition) is 5. The first-order valence-electron chi connectivity index (χ1n) is 11.8. The van der Waals surface area contributed by atoms with Gasteiger partial charge in [0.25, 0.3) is 0 Å². The summed E-state index contributed by atoms with van der Waals surface area (Å²) in [6.07, 6.45) is 7.02. The van der Waals surface area contributed by atoms with Crippen molar-refractivity contribution >= 4 is 17.3 Å². The van der Waals surface area contributed by atoms with E-state index >= 15 is 0 Å². The summed E-state index contributed by atoms with van der Waals surface area (Å²) in [7, 11) is 3.57. The summed E-state index contributed by atoms with van der Waals surface area (Å²) in [5.41, 5.74) is 2.94. The molecule has 3 aliphatic carbocycles. The maximum atomic E-state index is 13.4. The number of hydrogen-bond donors (Lipinski definition) is 3. The lowest BCUT2D eigenvalue weighted by molar-refractivity contribution is -0.175. The Kier molecular flexibility index (Phi) is 5.04. The Morgan fingerprint density at radius 2 is 1.97 bits per heavy atom. The third-order valence-corrected chi connectivity index (χ3v) is 8.11. The minimum absolute atomic E-state index is 0.150. The molecular weight excluding hydrogens is 390 g/mol. The number of nitrogens with zero attached hydrogens (tertiary/aromatic N) is 1. The molecule has 6 heteroatoms. The lowest BCUT2D eigenvalue weighted by atomic mass is 9.61. The number of methoxy groups -OCH3 is 1. The van der Waals surface area contributed by atoms with Crippen LogP contribution in [-0.2, 0) is 4.79 Å². The molecule has 0 aromatic heterocycles. The van der Waals surface area contributed by atoms with Gasteiger partial charge in [-0.2, -0.15) is 0 Å². The van der Waals surface area contributed by atoms with Crippen molar-refractivity contribution in [1.82, 2.24) is 4.90 Å². The van der Waals surface area contributed by atoms with E-state index in [-0.39, 0.29) is 23.9 Å². The molecule has 3 saturated carbocycles. The third kappa shape index (κ3) is 3.53. The van der Waals surface area contributed by atoms with Gasteiger partial charge in [-0.15, -0.1) is 0 Å². The number of aliphatic hydroxyl groups is 1. The molecule has 1 aromatic rings. The van der Waals surface area contributed by atoms with Crippen LogP contribution in [0.25, 0.3) is 0 Å². The number of anilines is 1. The van der Waals surface area contributed by atoms with Gasteiger partial charge in [0.15, 0.2) is 0 Å². The molecule has 5 atom stereocenters. The van der Waals surface area contributed by atoms with Crippen molar-refractivity contribution < 1.29 is 14.6 Å². The maximum Gasteiger partial charge on any atom is 0.223 e. The molecule has 31 heavy (non-hydrogen) atoms. The van der Waals surface area contributed by atoms with E-state index in [2.05, 4.69) is 10.2 Å². The third-order valence-electron chi connectivity index (χ3n) is 8.11. The van der Waals surface area contributed by atoms with Gasteiger partial charge in [0.05, 0.1) is 12.7 Å². The smallest absolute Gasteiger partial charge is 0.223 e. The van der Waals surface area contributed by atoms with Gasteiger partial charge < -0.3 is 25.5 Å². The Labute approximate surface area is 184 Å². The van der Waals surface area contributed by atoms with Crippen molar-refractivity contribution in [2.24, 2.45) is 11.8 Å². The molecule has 5 fully saturated rings. The van der Waals surface area contributed by atoms with Crippen LogP contribution in [0.1, 0.15) is 75.3 Å². The topological polar surface area (TPSA) is 85.7 Å². The lowest BCUT2D eigenvalue weighted by Crippen LogP contribution is -2.65. The van der Waals surface area contributed by atoms with E-state index in [0.717, 1.165) is 67.5 Å². The normalized spacial score (nSPS) is 32.1. The molecule has 6 rings (SSSR count). The quantitative estimate of drug-likeness (QED) is 0.578. The molecule has 0 radical (unpaired) electrons. The summed E-state index contributed by atoms with van der Waals surface area (Å²) in [6, 6.07) is 4.32. The standard InChI is InChI=1S/C25H35N3O3/c1-14(8-21(29)28-17-9-15-10-18(28)13-25(30,11-15)12-17)24(26)23-19(27-2)6-7-20(31-3)22(23)16-4-5-16/h6-7,14-18,26-27,30H,4-5,8-13H2,1-3H3/t14?,15?,17-,18?,25?/m1/s1. The van der Waals surface area contributed by atoms with E-state index in [4.69, 9.17) is 10.1 Å². The molecular formula is C25H35N3O3. The molecule has 6 nitrogen and oxygen atoms in total. The fraction of sp³-hybridized carbons (Fsp3) is 0.680. The average Bonchev–Trinajstić information content (AvgIpc) is 3.55. The molecule has 168 valence electrons. The van der Waals surface area contributed by atoms with E-state index in [9.17, 15) is 9.90 Å². The molecule has 0 spiro atoms. The van der Waals surface area contributed by atoms with Gasteiger partial charge in [-0.25, -0.2) is 0 Å². The average molecular weight is 426 g/mol. The number of amides is 1. The zero-order chi connectivity index (χ0) is 21.9. The Balaban J connectivity index is 1.36. The van der Waals surface area contributed by atoms with Crippen LogP contribution in [0.5, 0.6) is 5.75 Å². The van der Waals surface area contributed by atoms with Gasteiger partial charge >= 0.3 is 0 Å². The van der Waals surface area contributed by atoms with Gasteiger partial charge in [-0.3, -0.25) is 4.79 Å². The number of piperidine rings is 2. The SMILES string of the molecule is CNc1ccc(OC)c(C2CC2)c1C(=N)C(C)CC(=O)N1C2CC3C[C@@H]1CC(O)(C3)C2. The molecule has 4 bridgehead atoms. The number of ether oxygens (including phenoxy) is 1. The Morgan fingerprint density at radius 3 is 2.52 bits per heavy atom. The summed E-state index contributed by atoms with van der Waals surface area (Å²) >= 11 is 0. The van der Waals surface area contributed by atoms with Crippen LogP contribution in [-0.4, -0.2) is 53.5 Å². The maximum absolute atomic E-state index is 13.4. The molecule has 1 amide bonds. The number of rotatable bonds is 7. The minimum atomic E-state index is -0.549. The minimum Gasteiger partial charge on any atom is -0.496 e. The molecule has 4 unspecified atom stereocenters. The van der Waals surface area contributed by atoms with E-state index in [1.54, 1.807) is 7.11 Å². The monoisotopic (exact) mass is 425 g/mol.